The number of nitrogens with zero attached hydrogens (tertiary/aromatic N) is 3. The van der Waals surface area contributed by atoms with Gasteiger partial charge in [-0.15, -0.1) is 0 Å². The van der Waals surface area contributed by atoms with Gasteiger partial charge in [-0.2, -0.15) is 26.2 Å². The number of H-pyrrole nitrogens is 1. The normalized spacial score (nSPS) is 11.2. The Bertz CT molecular complexity index is 802. The predicted molar refractivity (Wildman–Crippen MR) is 87.9 cm³/mol. The van der Waals surface area contributed by atoms with E-state index in [2.05, 4.69) is 31.2 Å². The van der Waals surface area contributed by atoms with Crippen molar-refractivity contribution in [3.8, 4) is 11.4 Å². The van der Waals surface area contributed by atoms with Gasteiger partial charge in [-0.3, -0.25) is 0 Å². The number of benzene rings is 1. The van der Waals surface area contributed by atoms with Crippen LogP contribution in [0.15, 0.2) is 50.7 Å². The summed E-state index contributed by atoms with van der Waals surface area (Å²) in [5, 5.41) is 15.5. The van der Waals surface area contributed by atoms with Crippen LogP contribution in [0, 0.1) is 4.77 Å². The highest BCUT2D eigenvalue weighted by atomic mass is 79.9. The van der Waals surface area contributed by atoms with E-state index < -0.39 is 0 Å². The highest BCUT2D eigenvalue weighted by molar-refractivity contribution is 9.10. The summed E-state index contributed by atoms with van der Waals surface area (Å²) in [5.74, 6) is 0.675. The quantitative estimate of drug-likeness (QED) is 0.555. The molecule has 0 amide bonds. The smallest absolute Gasteiger partial charge is 0.216 e. The number of rotatable bonds is 3. The van der Waals surface area contributed by atoms with Crippen LogP contribution < -0.4 is 0 Å². The van der Waals surface area contributed by atoms with Gasteiger partial charge in [-0.25, -0.2) is 5.10 Å². The fourth-order valence-electron chi connectivity index (χ4n) is 1.69. The number of aromatic amines is 1. The summed E-state index contributed by atoms with van der Waals surface area (Å²) >= 11 is 10.4. The molecular weight excluding hydrogens is 356 g/mol. The van der Waals surface area contributed by atoms with E-state index in [9.17, 15) is 0 Å². The maximum absolute atomic E-state index is 5.23. The highest BCUT2D eigenvalue weighted by Crippen LogP contribution is 2.26. The van der Waals surface area contributed by atoms with Crippen LogP contribution in [-0.2, 0) is 0 Å². The summed E-state index contributed by atoms with van der Waals surface area (Å²) in [5.41, 5.74) is 1.97. The van der Waals surface area contributed by atoms with E-state index >= 15 is 0 Å². The molecule has 3 aromatic rings. The van der Waals surface area contributed by atoms with E-state index in [1.54, 1.807) is 22.2 Å². The summed E-state index contributed by atoms with van der Waals surface area (Å²) in [4.78, 5) is 0. The van der Waals surface area contributed by atoms with Crippen molar-refractivity contribution in [2.45, 2.75) is 0 Å². The second-order valence-electron chi connectivity index (χ2n) is 3.95. The van der Waals surface area contributed by atoms with Crippen molar-refractivity contribution >= 4 is 45.7 Å². The minimum absolute atomic E-state index is 0.460. The van der Waals surface area contributed by atoms with Gasteiger partial charge in [0.05, 0.1) is 6.21 Å². The number of aromatic nitrogens is 3. The van der Waals surface area contributed by atoms with Gasteiger partial charge >= 0.3 is 0 Å². The van der Waals surface area contributed by atoms with Crippen molar-refractivity contribution in [1.29, 1.82) is 0 Å². The van der Waals surface area contributed by atoms with E-state index in [-0.39, 0.29) is 0 Å². The first-order valence-electron chi connectivity index (χ1n) is 5.74. The molecule has 1 aromatic carbocycles. The maximum atomic E-state index is 5.23. The molecule has 4 nitrogen and oxygen atoms in total. The topological polar surface area (TPSA) is 46.0 Å². The first-order chi connectivity index (χ1) is 9.75. The van der Waals surface area contributed by atoms with Gasteiger partial charge in [-0.1, -0.05) is 28.1 Å². The largest absolute Gasteiger partial charge is 0.250 e. The van der Waals surface area contributed by atoms with Crippen molar-refractivity contribution in [3.63, 3.8) is 0 Å². The summed E-state index contributed by atoms with van der Waals surface area (Å²) in [7, 11) is 0. The Balaban J connectivity index is 2.07. The van der Waals surface area contributed by atoms with Gasteiger partial charge in [-0.05, 0) is 41.2 Å². The highest BCUT2D eigenvalue weighted by Gasteiger charge is 2.10. The molecule has 2 heterocycles. The third-order valence-corrected chi connectivity index (χ3v) is 4.29. The molecule has 0 fully saturated rings. The van der Waals surface area contributed by atoms with E-state index in [0.29, 0.717) is 10.6 Å². The van der Waals surface area contributed by atoms with E-state index in [0.717, 1.165) is 15.6 Å². The Morgan fingerprint density at radius 2 is 2.20 bits per heavy atom. The first kappa shape index (κ1) is 13.4. The average molecular weight is 365 g/mol. The van der Waals surface area contributed by atoms with Gasteiger partial charge in [0.15, 0.2) is 5.82 Å². The van der Waals surface area contributed by atoms with E-state index in [4.69, 9.17) is 12.2 Å². The number of hydrogen-bond donors (Lipinski definition) is 1. The average Bonchev–Trinajstić information content (AvgIpc) is 3.07. The first-order valence-corrected chi connectivity index (χ1v) is 7.89. The van der Waals surface area contributed by atoms with Crippen LogP contribution in [0.4, 0.5) is 0 Å². The molecule has 20 heavy (non-hydrogen) atoms. The molecule has 0 aliphatic rings. The van der Waals surface area contributed by atoms with Gasteiger partial charge in [0.25, 0.3) is 0 Å². The summed E-state index contributed by atoms with van der Waals surface area (Å²) < 4.78 is 3.02. The van der Waals surface area contributed by atoms with Gasteiger partial charge in [0, 0.05) is 15.6 Å². The summed E-state index contributed by atoms with van der Waals surface area (Å²) in [6.45, 7) is 0. The fraction of sp³-hybridized carbons (Fsp3) is 0. The standard InChI is InChI=1S/C13H9BrN4S2/c14-11-4-2-1-3-10(11)12-16-17-13(19)18(12)15-7-9-5-6-20-8-9/h1-8H,(H,17,19)/b15-7-. The molecule has 3 rings (SSSR count). The Morgan fingerprint density at radius 1 is 1.35 bits per heavy atom. The predicted octanol–water partition coefficient (Wildman–Crippen LogP) is 4.31. The molecule has 0 saturated heterocycles. The molecule has 0 radical (unpaired) electrons. The molecule has 0 aliphatic carbocycles. The molecule has 0 unspecified atom stereocenters. The summed E-state index contributed by atoms with van der Waals surface area (Å²) in [6.07, 6.45) is 1.77. The number of nitrogens with one attached hydrogen (secondary N) is 1. The van der Waals surface area contributed by atoms with Crippen LogP contribution >= 0.6 is 39.5 Å². The zero-order valence-corrected chi connectivity index (χ0v) is 13.4. The lowest BCUT2D eigenvalue weighted by molar-refractivity contribution is 0.871. The third-order valence-electron chi connectivity index (χ3n) is 2.63. The number of thiophene rings is 1. The molecule has 7 heteroatoms. The van der Waals surface area contributed by atoms with Gasteiger partial charge in [0.1, 0.15) is 0 Å². The second kappa shape index (κ2) is 5.82. The zero-order chi connectivity index (χ0) is 13.9. The minimum Gasteiger partial charge on any atom is -0.250 e. The Morgan fingerprint density at radius 3 is 2.95 bits per heavy atom. The second-order valence-corrected chi connectivity index (χ2v) is 5.97. The molecule has 0 saturated carbocycles. The fourth-order valence-corrected chi connectivity index (χ4v) is 2.94. The molecule has 1 N–H and O–H groups in total. The Labute approximate surface area is 132 Å². The molecular formula is C13H9BrN4S2. The Kier molecular flexibility index (Phi) is 3.90. The van der Waals surface area contributed by atoms with Crippen molar-refractivity contribution in [2.75, 3.05) is 0 Å². The van der Waals surface area contributed by atoms with Crippen molar-refractivity contribution < 1.29 is 0 Å². The minimum atomic E-state index is 0.460. The summed E-state index contributed by atoms with van der Waals surface area (Å²) in [6, 6.07) is 9.82. The molecule has 0 aliphatic heterocycles. The van der Waals surface area contributed by atoms with Crippen LogP contribution in [0.3, 0.4) is 0 Å². The van der Waals surface area contributed by atoms with Crippen LogP contribution in [0.1, 0.15) is 5.56 Å². The Hall–Kier alpha value is -1.57. The van der Waals surface area contributed by atoms with Gasteiger partial charge in [0.2, 0.25) is 4.77 Å². The zero-order valence-electron chi connectivity index (χ0n) is 10.2. The third kappa shape index (κ3) is 2.65. The number of hydrogen-bond acceptors (Lipinski definition) is 4. The van der Waals surface area contributed by atoms with E-state index in [1.165, 1.54) is 0 Å². The van der Waals surface area contributed by atoms with Crippen LogP contribution in [-0.4, -0.2) is 21.1 Å². The van der Waals surface area contributed by atoms with Crippen LogP contribution in [0.5, 0.6) is 0 Å². The van der Waals surface area contributed by atoms with Crippen LogP contribution in [0.25, 0.3) is 11.4 Å². The lowest BCUT2D eigenvalue weighted by atomic mass is 10.2. The SMILES string of the molecule is S=c1[nH]nc(-c2ccccc2Br)n1/N=C\c1ccsc1. The maximum Gasteiger partial charge on any atom is 0.216 e. The molecule has 0 atom stereocenters. The molecule has 0 bridgehead atoms. The van der Waals surface area contributed by atoms with Gasteiger partial charge < -0.3 is 0 Å². The van der Waals surface area contributed by atoms with Crippen molar-refractivity contribution in [2.24, 2.45) is 5.10 Å². The monoisotopic (exact) mass is 364 g/mol. The van der Waals surface area contributed by atoms with Crippen LogP contribution in [0.2, 0.25) is 0 Å². The van der Waals surface area contributed by atoms with Crippen molar-refractivity contribution in [3.05, 3.63) is 55.9 Å². The molecule has 0 spiro atoms. The lowest BCUT2D eigenvalue weighted by Gasteiger charge is -2.02. The lowest BCUT2D eigenvalue weighted by Crippen LogP contribution is -1.95. The molecule has 100 valence electrons. The van der Waals surface area contributed by atoms with E-state index in [1.807, 2.05) is 41.1 Å². The van der Waals surface area contributed by atoms with Crippen molar-refractivity contribution in [1.82, 2.24) is 14.9 Å². The number of halogens is 1. The molecule has 2 aromatic heterocycles.